The van der Waals surface area contributed by atoms with E-state index >= 15 is 0 Å². The first kappa shape index (κ1) is 14.7. The molecule has 2 N–H and O–H groups in total. The number of thiocarbonyl (C=S) groups is 1. The zero-order valence-corrected chi connectivity index (χ0v) is 10.8. The van der Waals surface area contributed by atoms with Gasteiger partial charge in [0.1, 0.15) is 0 Å². The van der Waals surface area contributed by atoms with Crippen molar-refractivity contribution in [2.75, 3.05) is 13.1 Å². The number of hydrogen-bond donors (Lipinski definition) is 1. The minimum absolute atomic E-state index is 0.192. The van der Waals surface area contributed by atoms with E-state index in [1.54, 1.807) is 0 Å². The second kappa shape index (κ2) is 6.00. The van der Waals surface area contributed by atoms with Crippen molar-refractivity contribution in [3.05, 3.63) is 0 Å². The number of nitrogens with two attached hydrogens (primary N) is 1. The summed E-state index contributed by atoms with van der Waals surface area (Å²) < 4.78 is 37.5. The number of hydrogen-bond acceptors (Lipinski definition) is 2. The van der Waals surface area contributed by atoms with E-state index in [0.29, 0.717) is 24.5 Å². The Labute approximate surface area is 105 Å². The molecule has 1 aliphatic rings. The van der Waals surface area contributed by atoms with Gasteiger partial charge in [0.05, 0.1) is 10.9 Å². The zero-order valence-electron chi connectivity index (χ0n) is 9.96. The molecule has 0 radical (unpaired) electrons. The third-order valence-electron chi connectivity index (χ3n) is 3.42. The van der Waals surface area contributed by atoms with Crippen molar-refractivity contribution in [3.8, 4) is 0 Å². The molecule has 0 aromatic carbocycles. The van der Waals surface area contributed by atoms with Crippen LogP contribution < -0.4 is 5.73 Å². The Morgan fingerprint density at radius 1 is 1.41 bits per heavy atom. The van der Waals surface area contributed by atoms with Crippen LogP contribution in [-0.2, 0) is 0 Å². The van der Waals surface area contributed by atoms with Crippen LogP contribution in [0.4, 0.5) is 13.2 Å². The minimum atomic E-state index is -4.04. The van der Waals surface area contributed by atoms with E-state index in [0.717, 1.165) is 6.42 Å². The molecule has 1 unspecified atom stereocenters. The van der Waals surface area contributed by atoms with E-state index in [9.17, 15) is 13.2 Å². The molecule has 1 aliphatic heterocycles. The maximum atomic E-state index is 12.5. The van der Waals surface area contributed by atoms with E-state index in [1.807, 2.05) is 6.92 Å². The van der Waals surface area contributed by atoms with Gasteiger partial charge in [-0.3, -0.25) is 4.90 Å². The average Bonchev–Trinajstić information content (AvgIpc) is 2.24. The summed E-state index contributed by atoms with van der Waals surface area (Å²) >= 11 is 4.86. The molecule has 2 nitrogen and oxygen atoms in total. The van der Waals surface area contributed by atoms with Crippen molar-refractivity contribution in [1.29, 1.82) is 0 Å². The fourth-order valence-corrected chi connectivity index (χ4v) is 2.55. The molecule has 0 bridgehead atoms. The number of nitrogens with zero attached hydrogens (tertiary/aromatic N) is 1. The van der Waals surface area contributed by atoms with Crippen LogP contribution in [0.1, 0.15) is 32.6 Å². The Kier molecular flexibility index (Phi) is 5.19. The molecule has 1 rings (SSSR count). The van der Waals surface area contributed by atoms with Gasteiger partial charge in [-0.05, 0) is 32.4 Å². The number of piperidine rings is 1. The maximum Gasteiger partial charge on any atom is 0.391 e. The number of halogens is 3. The molecule has 0 aromatic heterocycles. The van der Waals surface area contributed by atoms with Gasteiger partial charge < -0.3 is 5.73 Å². The molecular weight excluding hydrogens is 249 g/mol. The summed E-state index contributed by atoms with van der Waals surface area (Å²) in [5, 5.41) is 0. The largest absolute Gasteiger partial charge is 0.393 e. The lowest BCUT2D eigenvalue weighted by molar-refractivity contribution is -0.186. The van der Waals surface area contributed by atoms with Gasteiger partial charge in [0.15, 0.2) is 0 Å². The van der Waals surface area contributed by atoms with Crippen molar-refractivity contribution in [3.63, 3.8) is 0 Å². The molecule has 6 heteroatoms. The highest BCUT2D eigenvalue weighted by molar-refractivity contribution is 7.80. The summed E-state index contributed by atoms with van der Waals surface area (Å²) in [6, 6.07) is 0.196. The van der Waals surface area contributed by atoms with Crippen LogP contribution >= 0.6 is 12.2 Å². The van der Waals surface area contributed by atoms with Crippen molar-refractivity contribution < 1.29 is 13.2 Å². The highest BCUT2D eigenvalue weighted by Gasteiger charge is 2.41. The number of rotatable bonds is 4. The van der Waals surface area contributed by atoms with Gasteiger partial charge in [-0.15, -0.1) is 0 Å². The predicted octanol–water partition coefficient (Wildman–Crippen LogP) is 2.72. The molecule has 17 heavy (non-hydrogen) atoms. The second-order valence-corrected chi connectivity index (χ2v) is 5.11. The topological polar surface area (TPSA) is 29.3 Å². The quantitative estimate of drug-likeness (QED) is 0.795. The van der Waals surface area contributed by atoms with Crippen LogP contribution in [0.25, 0.3) is 0 Å². The number of likely N-dealkylation sites (tertiary alicyclic amines) is 1. The van der Waals surface area contributed by atoms with Crippen LogP contribution in [0.3, 0.4) is 0 Å². The summed E-state index contributed by atoms with van der Waals surface area (Å²) in [5.41, 5.74) is 5.50. The first-order valence-electron chi connectivity index (χ1n) is 5.93. The Hall–Kier alpha value is -0.360. The Morgan fingerprint density at radius 2 is 1.94 bits per heavy atom. The van der Waals surface area contributed by atoms with Crippen LogP contribution in [0.2, 0.25) is 0 Å². The van der Waals surface area contributed by atoms with Gasteiger partial charge in [0.25, 0.3) is 0 Å². The lowest BCUT2D eigenvalue weighted by Gasteiger charge is -2.37. The zero-order chi connectivity index (χ0) is 13.1. The molecule has 0 aliphatic carbocycles. The molecule has 100 valence electrons. The van der Waals surface area contributed by atoms with Crippen LogP contribution in [0.5, 0.6) is 0 Å². The molecule has 1 heterocycles. The van der Waals surface area contributed by atoms with E-state index in [2.05, 4.69) is 4.90 Å². The highest BCUT2D eigenvalue weighted by atomic mass is 32.1. The normalized spacial score (nSPS) is 21.4. The SMILES string of the molecule is CCC(CC(N)=S)N1CCC(C(F)(F)F)CC1. The standard InChI is InChI=1S/C11H19F3N2S/c1-2-9(7-10(15)17)16-5-3-8(4-6-16)11(12,13)14/h8-9H,2-7H2,1H3,(H2,15,17). The van der Waals surface area contributed by atoms with Gasteiger partial charge in [0, 0.05) is 12.5 Å². The summed E-state index contributed by atoms with van der Waals surface area (Å²) in [7, 11) is 0. The van der Waals surface area contributed by atoms with Crippen molar-refractivity contribution in [1.82, 2.24) is 4.90 Å². The van der Waals surface area contributed by atoms with E-state index in [4.69, 9.17) is 18.0 Å². The fourth-order valence-electron chi connectivity index (χ4n) is 2.36. The molecular formula is C11H19F3N2S. The molecule has 0 spiro atoms. The molecule has 1 saturated heterocycles. The lowest BCUT2D eigenvalue weighted by Crippen LogP contribution is -2.45. The average molecular weight is 268 g/mol. The summed E-state index contributed by atoms with van der Waals surface area (Å²) in [6.45, 7) is 3.00. The minimum Gasteiger partial charge on any atom is -0.393 e. The van der Waals surface area contributed by atoms with Crippen molar-refractivity contribution >= 4 is 17.2 Å². The highest BCUT2D eigenvalue weighted by Crippen LogP contribution is 2.34. The predicted molar refractivity (Wildman–Crippen MR) is 65.8 cm³/mol. The summed E-state index contributed by atoms with van der Waals surface area (Å²) in [5.74, 6) is -1.14. The Bertz CT molecular complexity index is 260. The Morgan fingerprint density at radius 3 is 2.29 bits per heavy atom. The van der Waals surface area contributed by atoms with Crippen LogP contribution in [0, 0.1) is 5.92 Å². The van der Waals surface area contributed by atoms with Crippen molar-refractivity contribution in [2.24, 2.45) is 11.7 Å². The first-order valence-corrected chi connectivity index (χ1v) is 6.34. The molecule has 0 amide bonds. The maximum absolute atomic E-state index is 12.5. The van der Waals surface area contributed by atoms with Crippen LogP contribution in [-0.4, -0.2) is 35.2 Å². The summed E-state index contributed by atoms with van der Waals surface area (Å²) in [6.07, 6.45) is -2.19. The van der Waals surface area contributed by atoms with Gasteiger partial charge in [0.2, 0.25) is 0 Å². The lowest BCUT2D eigenvalue weighted by atomic mass is 9.94. The van der Waals surface area contributed by atoms with E-state index in [-0.39, 0.29) is 18.9 Å². The van der Waals surface area contributed by atoms with E-state index in [1.165, 1.54) is 0 Å². The Balaban J connectivity index is 2.47. The smallest absolute Gasteiger partial charge is 0.391 e. The molecule has 0 aromatic rings. The molecule has 1 atom stereocenters. The first-order chi connectivity index (χ1) is 7.84. The van der Waals surface area contributed by atoms with E-state index < -0.39 is 12.1 Å². The number of alkyl halides is 3. The molecule has 1 fully saturated rings. The third kappa shape index (κ3) is 4.43. The fraction of sp³-hybridized carbons (Fsp3) is 0.909. The van der Waals surface area contributed by atoms with Crippen molar-refractivity contribution in [2.45, 2.75) is 44.8 Å². The third-order valence-corrected chi connectivity index (χ3v) is 3.58. The van der Waals surface area contributed by atoms with Gasteiger partial charge in [-0.25, -0.2) is 0 Å². The van der Waals surface area contributed by atoms with Gasteiger partial charge >= 0.3 is 6.18 Å². The van der Waals surface area contributed by atoms with Crippen LogP contribution in [0.15, 0.2) is 0 Å². The second-order valence-electron chi connectivity index (χ2n) is 4.58. The van der Waals surface area contributed by atoms with Gasteiger partial charge in [-0.2, -0.15) is 13.2 Å². The van der Waals surface area contributed by atoms with Gasteiger partial charge in [-0.1, -0.05) is 19.1 Å². The summed E-state index contributed by atoms with van der Waals surface area (Å²) in [4.78, 5) is 2.52. The monoisotopic (exact) mass is 268 g/mol. The molecule has 0 saturated carbocycles.